The second-order valence-electron chi connectivity index (χ2n) is 3.78. The summed E-state index contributed by atoms with van der Waals surface area (Å²) in [6.45, 7) is 1.72. The average molecular weight is 231 g/mol. The molecule has 0 amide bonds. The van der Waals surface area contributed by atoms with Gasteiger partial charge in [-0.3, -0.25) is 0 Å². The summed E-state index contributed by atoms with van der Waals surface area (Å²) in [6, 6.07) is -0.341. The Hall–Kier alpha value is -0.950. The molecule has 0 aromatic carbocycles. The van der Waals surface area contributed by atoms with Crippen molar-refractivity contribution < 1.29 is 12.9 Å². The van der Waals surface area contributed by atoms with Gasteiger partial charge in [-0.2, -0.15) is 4.98 Å². The van der Waals surface area contributed by atoms with Crippen LogP contribution in [0.2, 0.25) is 0 Å². The van der Waals surface area contributed by atoms with Crippen LogP contribution in [-0.4, -0.2) is 24.3 Å². The van der Waals surface area contributed by atoms with Crippen molar-refractivity contribution in [2.45, 2.75) is 31.1 Å². The van der Waals surface area contributed by atoms with Crippen molar-refractivity contribution >= 4 is 9.84 Å². The van der Waals surface area contributed by atoms with Gasteiger partial charge in [0.25, 0.3) is 0 Å². The SMILES string of the molecule is CC(N)c1noc(C2CCCS2(=O)=O)n1. The van der Waals surface area contributed by atoms with E-state index in [1.807, 2.05) is 0 Å². The second-order valence-corrected chi connectivity index (χ2v) is 6.08. The predicted octanol–water partition coefficient (Wildman–Crippen LogP) is 0.339. The Morgan fingerprint density at radius 1 is 1.60 bits per heavy atom. The van der Waals surface area contributed by atoms with E-state index in [1.165, 1.54) is 0 Å². The van der Waals surface area contributed by atoms with Crippen LogP contribution in [0.5, 0.6) is 0 Å². The van der Waals surface area contributed by atoms with Crippen LogP contribution < -0.4 is 5.73 Å². The van der Waals surface area contributed by atoms with Crippen molar-refractivity contribution in [3.8, 4) is 0 Å². The van der Waals surface area contributed by atoms with E-state index in [1.54, 1.807) is 6.92 Å². The van der Waals surface area contributed by atoms with Crippen LogP contribution in [0.3, 0.4) is 0 Å². The van der Waals surface area contributed by atoms with E-state index in [-0.39, 0.29) is 17.7 Å². The maximum absolute atomic E-state index is 11.6. The molecule has 1 aliphatic heterocycles. The first-order valence-corrected chi connectivity index (χ1v) is 6.53. The van der Waals surface area contributed by atoms with E-state index < -0.39 is 15.1 Å². The average Bonchev–Trinajstić information content (AvgIpc) is 2.69. The monoisotopic (exact) mass is 231 g/mol. The third-order valence-electron chi connectivity index (χ3n) is 2.47. The molecule has 2 heterocycles. The van der Waals surface area contributed by atoms with Crippen LogP contribution in [-0.2, 0) is 9.84 Å². The minimum atomic E-state index is -3.09. The first-order valence-electron chi connectivity index (χ1n) is 4.81. The molecule has 7 heteroatoms. The van der Waals surface area contributed by atoms with Crippen LogP contribution >= 0.6 is 0 Å². The topological polar surface area (TPSA) is 99.1 Å². The molecule has 15 heavy (non-hydrogen) atoms. The largest absolute Gasteiger partial charge is 0.338 e. The van der Waals surface area contributed by atoms with Gasteiger partial charge in [0.15, 0.2) is 15.7 Å². The fourth-order valence-corrected chi connectivity index (χ4v) is 3.41. The first kappa shape index (κ1) is 10.6. The zero-order valence-corrected chi connectivity index (χ0v) is 9.20. The minimum Gasteiger partial charge on any atom is -0.338 e. The molecule has 0 aliphatic carbocycles. The number of rotatable bonds is 2. The number of hydrogen-bond donors (Lipinski definition) is 1. The van der Waals surface area contributed by atoms with E-state index in [0.717, 1.165) is 0 Å². The third kappa shape index (κ3) is 1.89. The van der Waals surface area contributed by atoms with Gasteiger partial charge < -0.3 is 10.3 Å². The Morgan fingerprint density at radius 3 is 2.80 bits per heavy atom. The molecule has 2 N–H and O–H groups in total. The molecule has 1 aromatic rings. The van der Waals surface area contributed by atoms with Crippen molar-refractivity contribution in [2.75, 3.05) is 5.75 Å². The highest BCUT2D eigenvalue weighted by Crippen LogP contribution is 2.33. The van der Waals surface area contributed by atoms with Crippen LogP contribution in [0.25, 0.3) is 0 Å². The molecular formula is C8H13N3O3S. The highest BCUT2D eigenvalue weighted by atomic mass is 32.2. The van der Waals surface area contributed by atoms with Gasteiger partial charge >= 0.3 is 0 Å². The lowest BCUT2D eigenvalue weighted by atomic mass is 10.2. The summed E-state index contributed by atoms with van der Waals surface area (Å²) in [5.74, 6) is 0.736. The molecule has 6 nitrogen and oxygen atoms in total. The van der Waals surface area contributed by atoms with Gasteiger partial charge in [0.05, 0.1) is 11.8 Å². The molecule has 0 radical (unpaired) electrons. The molecule has 1 aliphatic rings. The maximum atomic E-state index is 11.6. The van der Waals surface area contributed by atoms with Crippen molar-refractivity contribution in [3.05, 3.63) is 11.7 Å². The minimum absolute atomic E-state index is 0.180. The van der Waals surface area contributed by atoms with E-state index >= 15 is 0 Å². The molecule has 0 saturated carbocycles. The van der Waals surface area contributed by atoms with E-state index in [2.05, 4.69) is 10.1 Å². The summed E-state index contributed by atoms with van der Waals surface area (Å²) in [4.78, 5) is 4.01. The Morgan fingerprint density at radius 2 is 2.33 bits per heavy atom. The number of sulfone groups is 1. The summed E-state index contributed by atoms with van der Waals surface area (Å²) < 4.78 is 28.1. The van der Waals surface area contributed by atoms with Crippen LogP contribution in [0.1, 0.15) is 42.8 Å². The molecule has 2 atom stereocenters. The van der Waals surface area contributed by atoms with Crippen LogP contribution in [0, 0.1) is 0 Å². The number of nitrogens with two attached hydrogens (primary N) is 1. The third-order valence-corrected chi connectivity index (χ3v) is 4.63. The maximum Gasteiger partial charge on any atom is 0.245 e. The Kier molecular flexibility index (Phi) is 2.51. The molecule has 2 unspecified atom stereocenters. The highest BCUT2D eigenvalue weighted by molar-refractivity contribution is 7.91. The van der Waals surface area contributed by atoms with Crippen molar-refractivity contribution in [3.63, 3.8) is 0 Å². The van der Waals surface area contributed by atoms with E-state index in [0.29, 0.717) is 18.7 Å². The van der Waals surface area contributed by atoms with Crippen molar-refractivity contribution in [1.82, 2.24) is 10.1 Å². The summed E-state index contributed by atoms with van der Waals surface area (Å²) >= 11 is 0. The molecule has 0 bridgehead atoms. The molecule has 1 aromatic heterocycles. The Balaban J connectivity index is 2.30. The van der Waals surface area contributed by atoms with Gasteiger partial charge in [0.1, 0.15) is 5.25 Å². The highest BCUT2D eigenvalue weighted by Gasteiger charge is 2.37. The van der Waals surface area contributed by atoms with Crippen molar-refractivity contribution in [2.24, 2.45) is 5.73 Å². The quantitative estimate of drug-likeness (QED) is 0.787. The van der Waals surface area contributed by atoms with Crippen molar-refractivity contribution in [1.29, 1.82) is 0 Å². The molecule has 2 rings (SSSR count). The van der Waals surface area contributed by atoms with Gasteiger partial charge in [0.2, 0.25) is 5.89 Å². The number of aromatic nitrogens is 2. The normalized spacial score (nSPS) is 26.7. The molecule has 1 fully saturated rings. The Labute approximate surface area is 87.8 Å². The van der Waals surface area contributed by atoms with Crippen LogP contribution in [0.15, 0.2) is 4.52 Å². The van der Waals surface area contributed by atoms with E-state index in [9.17, 15) is 8.42 Å². The fraction of sp³-hybridized carbons (Fsp3) is 0.750. The lowest BCUT2D eigenvalue weighted by Gasteiger charge is -2.01. The van der Waals surface area contributed by atoms with Crippen LogP contribution in [0.4, 0.5) is 0 Å². The predicted molar refractivity (Wildman–Crippen MR) is 52.7 cm³/mol. The van der Waals surface area contributed by atoms with Gasteiger partial charge in [-0.05, 0) is 19.8 Å². The standard InChI is InChI=1S/C8H13N3O3S/c1-5(9)7-10-8(14-11-7)6-3-2-4-15(6,12)13/h5-6H,2-4,9H2,1H3. The zero-order chi connectivity index (χ0) is 11.1. The van der Waals surface area contributed by atoms with E-state index in [4.69, 9.17) is 10.3 Å². The number of hydrogen-bond acceptors (Lipinski definition) is 6. The second kappa shape index (κ2) is 3.57. The number of nitrogens with zero attached hydrogens (tertiary/aromatic N) is 2. The fourth-order valence-electron chi connectivity index (χ4n) is 1.63. The summed E-state index contributed by atoms with van der Waals surface area (Å²) in [6.07, 6.45) is 1.21. The zero-order valence-electron chi connectivity index (χ0n) is 8.38. The summed E-state index contributed by atoms with van der Waals surface area (Å²) in [5, 5.41) is 3.02. The summed E-state index contributed by atoms with van der Waals surface area (Å²) in [7, 11) is -3.09. The van der Waals surface area contributed by atoms with Gasteiger partial charge in [-0.25, -0.2) is 8.42 Å². The summed E-state index contributed by atoms with van der Waals surface area (Å²) in [5.41, 5.74) is 5.56. The Bertz CT molecular complexity index is 451. The lowest BCUT2D eigenvalue weighted by Crippen LogP contribution is -2.10. The smallest absolute Gasteiger partial charge is 0.245 e. The molecule has 84 valence electrons. The molecule has 0 spiro atoms. The first-order chi connectivity index (χ1) is 7.00. The molecular weight excluding hydrogens is 218 g/mol. The molecule has 1 saturated heterocycles. The van der Waals surface area contributed by atoms with Gasteiger partial charge in [0, 0.05) is 0 Å². The lowest BCUT2D eigenvalue weighted by molar-refractivity contribution is 0.364. The van der Waals surface area contributed by atoms with Gasteiger partial charge in [-0.1, -0.05) is 5.16 Å². The van der Waals surface area contributed by atoms with Gasteiger partial charge in [-0.15, -0.1) is 0 Å².